The number of sulfone groups is 1. The highest BCUT2D eigenvalue weighted by molar-refractivity contribution is 7.91. The topological polar surface area (TPSA) is 114 Å². The van der Waals surface area contributed by atoms with Crippen molar-refractivity contribution in [2.75, 3.05) is 12.8 Å². The van der Waals surface area contributed by atoms with Crippen molar-refractivity contribution >= 4 is 15.7 Å². The van der Waals surface area contributed by atoms with Crippen molar-refractivity contribution < 1.29 is 40.3 Å². The normalized spacial score (nSPS) is 20.6. The zero-order valence-electron chi connectivity index (χ0n) is 23.1. The number of rotatable bonds is 9. The lowest BCUT2D eigenvalue weighted by Crippen LogP contribution is -2.47. The molecule has 40 heavy (non-hydrogen) atoms. The van der Waals surface area contributed by atoms with E-state index in [-0.39, 0.29) is 67.0 Å². The molecule has 14 heteroatoms. The quantitative estimate of drug-likeness (QED) is 0.404. The Hall–Kier alpha value is -2.61. The monoisotopic (exact) mass is 594 g/mol. The lowest BCUT2D eigenvalue weighted by molar-refractivity contribution is -0.211. The zero-order valence-corrected chi connectivity index (χ0v) is 23.9. The van der Waals surface area contributed by atoms with Gasteiger partial charge in [0.15, 0.2) is 5.69 Å². The maximum atomic E-state index is 14.1. The summed E-state index contributed by atoms with van der Waals surface area (Å²) in [5, 5.41) is 17.2. The number of pyridine rings is 1. The highest BCUT2D eigenvalue weighted by Crippen LogP contribution is 2.41. The van der Waals surface area contributed by atoms with Gasteiger partial charge in [0.1, 0.15) is 9.84 Å². The molecule has 1 fully saturated rings. The van der Waals surface area contributed by atoms with Gasteiger partial charge in [-0.1, -0.05) is 13.8 Å². The second kappa shape index (κ2) is 11.3. The molecule has 1 saturated carbocycles. The van der Waals surface area contributed by atoms with E-state index in [2.05, 4.69) is 15.4 Å². The predicted octanol–water partition coefficient (Wildman–Crippen LogP) is 4.79. The SMILES string of the molecule is CCn1nc(C(=O)NCC2(O)CCC(S(C)(=O)=O)CC2)c(C)c1-c1cnc(CC(C)(C)C(F)(F)F)cc1C(F)F. The fourth-order valence-electron chi connectivity index (χ4n) is 4.94. The number of carbonyl (C=O) groups excluding carboxylic acids is 1. The van der Waals surface area contributed by atoms with Crippen LogP contribution in [0.25, 0.3) is 11.3 Å². The van der Waals surface area contributed by atoms with E-state index in [1.54, 1.807) is 6.92 Å². The van der Waals surface area contributed by atoms with Crippen LogP contribution in [-0.4, -0.2) is 64.0 Å². The molecule has 1 aliphatic rings. The first-order valence-corrected chi connectivity index (χ1v) is 14.9. The van der Waals surface area contributed by atoms with E-state index >= 15 is 0 Å². The minimum Gasteiger partial charge on any atom is -0.388 e. The number of hydrogen-bond donors (Lipinski definition) is 2. The van der Waals surface area contributed by atoms with E-state index in [0.29, 0.717) is 0 Å². The van der Waals surface area contributed by atoms with Crippen LogP contribution in [0.4, 0.5) is 22.0 Å². The number of amides is 1. The zero-order chi connectivity index (χ0) is 30.3. The van der Waals surface area contributed by atoms with Crippen LogP contribution in [0, 0.1) is 12.3 Å². The Balaban J connectivity index is 1.87. The van der Waals surface area contributed by atoms with Crippen LogP contribution in [0.5, 0.6) is 0 Å². The largest absolute Gasteiger partial charge is 0.394 e. The van der Waals surface area contributed by atoms with E-state index in [4.69, 9.17) is 0 Å². The third kappa shape index (κ3) is 6.81. The van der Waals surface area contributed by atoms with Crippen molar-refractivity contribution in [3.63, 3.8) is 0 Å². The number of alkyl halides is 5. The Kier molecular flexibility index (Phi) is 9.05. The van der Waals surface area contributed by atoms with E-state index in [0.717, 1.165) is 32.4 Å². The molecule has 1 amide bonds. The number of halogens is 5. The van der Waals surface area contributed by atoms with E-state index in [1.807, 2.05) is 0 Å². The summed E-state index contributed by atoms with van der Waals surface area (Å²) in [7, 11) is -3.24. The van der Waals surface area contributed by atoms with Gasteiger partial charge in [0.25, 0.3) is 12.3 Å². The number of nitrogens with zero attached hydrogens (tertiary/aromatic N) is 3. The Morgan fingerprint density at radius 2 is 1.85 bits per heavy atom. The molecular formula is C26H35F5N4O4S. The molecular weight excluding hydrogens is 559 g/mol. The fraction of sp³-hybridized carbons (Fsp3) is 0.654. The van der Waals surface area contributed by atoms with Crippen LogP contribution in [0.1, 0.15) is 80.2 Å². The summed E-state index contributed by atoms with van der Waals surface area (Å²) in [6.07, 6.45) is -5.05. The van der Waals surface area contributed by atoms with Gasteiger partial charge in [0, 0.05) is 54.3 Å². The molecule has 0 aromatic carbocycles. The maximum Gasteiger partial charge on any atom is 0.394 e. The van der Waals surface area contributed by atoms with Gasteiger partial charge in [-0.15, -0.1) is 0 Å². The summed E-state index contributed by atoms with van der Waals surface area (Å²) >= 11 is 0. The minimum absolute atomic E-state index is 0.0489. The molecule has 0 unspecified atom stereocenters. The van der Waals surface area contributed by atoms with Gasteiger partial charge >= 0.3 is 6.18 Å². The highest BCUT2D eigenvalue weighted by atomic mass is 32.2. The number of nitrogens with one attached hydrogen (secondary N) is 1. The fourth-order valence-corrected chi connectivity index (χ4v) is 6.04. The standard InChI is InChI=1S/C26H35F5N4O4S/c1-6-35-21(19-13-32-16(11-18(19)22(27)28)12-24(3,4)26(29,30)31)15(2)20(34-35)23(36)33-14-25(37)9-7-17(8-10-25)40(5,38)39/h11,13,17,22,37H,6-10,12,14H2,1-5H3,(H,33,36). The Morgan fingerprint density at radius 3 is 2.35 bits per heavy atom. The summed E-state index contributed by atoms with van der Waals surface area (Å²) < 4.78 is 93.3. The molecule has 8 nitrogen and oxygen atoms in total. The number of aryl methyl sites for hydroxylation is 1. The molecule has 0 aliphatic heterocycles. The first kappa shape index (κ1) is 31.9. The molecule has 0 atom stereocenters. The van der Waals surface area contributed by atoms with E-state index in [9.17, 15) is 40.3 Å². The summed E-state index contributed by atoms with van der Waals surface area (Å²) in [5.74, 6) is -0.653. The molecule has 2 N–H and O–H groups in total. The molecule has 0 radical (unpaired) electrons. The van der Waals surface area contributed by atoms with Gasteiger partial charge in [-0.3, -0.25) is 14.5 Å². The lowest BCUT2D eigenvalue weighted by Gasteiger charge is -2.35. The van der Waals surface area contributed by atoms with Gasteiger partial charge in [-0.05, 0) is 45.6 Å². The molecule has 0 bridgehead atoms. The van der Waals surface area contributed by atoms with Crippen LogP contribution in [0.2, 0.25) is 0 Å². The summed E-state index contributed by atoms with van der Waals surface area (Å²) in [6.45, 7) is 5.20. The average Bonchev–Trinajstić information content (AvgIpc) is 3.17. The highest BCUT2D eigenvalue weighted by Gasteiger charge is 2.47. The van der Waals surface area contributed by atoms with Crippen LogP contribution in [-0.2, 0) is 22.8 Å². The van der Waals surface area contributed by atoms with Crippen molar-refractivity contribution in [1.29, 1.82) is 0 Å². The number of hydrogen-bond acceptors (Lipinski definition) is 6. The molecule has 1 aliphatic carbocycles. The first-order valence-electron chi connectivity index (χ1n) is 12.9. The maximum absolute atomic E-state index is 14.1. The Labute approximate surface area is 230 Å². The second-order valence-electron chi connectivity index (χ2n) is 11.2. The molecule has 2 heterocycles. The van der Waals surface area contributed by atoms with Gasteiger partial charge in [-0.2, -0.15) is 18.3 Å². The minimum atomic E-state index is -4.56. The lowest BCUT2D eigenvalue weighted by atomic mass is 9.84. The average molecular weight is 595 g/mol. The smallest absolute Gasteiger partial charge is 0.388 e. The Morgan fingerprint density at radius 1 is 1.25 bits per heavy atom. The molecule has 3 rings (SSSR count). The molecule has 2 aromatic rings. The number of aliphatic hydroxyl groups is 1. The first-order chi connectivity index (χ1) is 18.3. The van der Waals surface area contributed by atoms with E-state index < -0.39 is 56.6 Å². The van der Waals surface area contributed by atoms with Gasteiger partial charge < -0.3 is 10.4 Å². The summed E-state index contributed by atoms with van der Waals surface area (Å²) in [6, 6.07) is 0.960. The Bertz CT molecular complexity index is 1350. The van der Waals surface area contributed by atoms with Gasteiger partial charge in [0.2, 0.25) is 0 Å². The van der Waals surface area contributed by atoms with Gasteiger partial charge in [-0.25, -0.2) is 17.2 Å². The van der Waals surface area contributed by atoms with Crippen molar-refractivity contribution in [2.45, 2.75) is 89.8 Å². The van der Waals surface area contributed by atoms with E-state index in [1.165, 1.54) is 11.6 Å². The number of carbonyl (C=O) groups is 1. The molecule has 224 valence electrons. The predicted molar refractivity (Wildman–Crippen MR) is 139 cm³/mol. The van der Waals surface area contributed by atoms with Crippen LogP contribution in [0.15, 0.2) is 12.3 Å². The van der Waals surface area contributed by atoms with Crippen molar-refractivity contribution in [3.05, 3.63) is 34.8 Å². The third-order valence-electron chi connectivity index (χ3n) is 7.62. The summed E-state index contributed by atoms with van der Waals surface area (Å²) in [4.78, 5) is 17.1. The molecule has 2 aromatic heterocycles. The third-order valence-corrected chi connectivity index (χ3v) is 9.31. The van der Waals surface area contributed by atoms with Crippen molar-refractivity contribution in [2.24, 2.45) is 5.41 Å². The summed E-state index contributed by atoms with van der Waals surface area (Å²) in [5.41, 5.74) is -3.80. The van der Waals surface area contributed by atoms with Gasteiger partial charge in [0.05, 0.1) is 22.0 Å². The van der Waals surface area contributed by atoms with Crippen molar-refractivity contribution in [1.82, 2.24) is 20.1 Å². The molecule has 0 saturated heterocycles. The second-order valence-corrected chi connectivity index (χ2v) is 13.5. The van der Waals surface area contributed by atoms with Crippen molar-refractivity contribution in [3.8, 4) is 11.3 Å². The van der Waals surface area contributed by atoms with Crippen LogP contribution in [0.3, 0.4) is 0 Å². The molecule has 0 spiro atoms. The van der Waals surface area contributed by atoms with Crippen LogP contribution >= 0.6 is 0 Å². The van der Waals surface area contributed by atoms with Crippen LogP contribution < -0.4 is 5.32 Å². The number of aromatic nitrogens is 3.